The zero-order valence-corrected chi connectivity index (χ0v) is 9.70. The highest BCUT2D eigenvalue weighted by Crippen LogP contribution is 2.15. The highest BCUT2D eigenvalue weighted by molar-refractivity contribution is 5.42. The predicted molar refractivity (Wildman–Crippen MR) is 64.9 cm³/mol. The Balaban J connectivity index is 1.91. The Morgan fingerprint density at radius 1 is 1.38 bits per heavy atom. The van der Waals surface area contributed by atoms with Crippen LogP contribution in [0.3, 0.4) is 0 Å². The smallest absolute Gasteiger partial charge is 0.213 e. The van der Waals surface area contributed by atoms with Crippen molar-refractivity contribution in [1.29, 1.82) is 0 Å². The van der Waals surface area contributed by atoms with Crippen LogP contribution in [0.2, 0.25) is 0 Å². The Morgan fingerprint density at radius 2 is 2.31 bits per heavy atom. The van der Waals surface area contributed by atoms with E-state index in [4.69, 9.17) is 4.74 Å². The summed E-state index contributed by atoms with van der Waals surface area (Å²) >= 11 is 0. The second-order valence-electron chi connectivity index (χ2n) is 4.11. The summed E-state index contributed by atoms with van der Waals surface area (Å²) < 4.78 is 5.03. The van der Waals surface area contributed by atoms with Crippen molar-refractivity contribution in [3.8, 4) is 5.88 Å². The number of hydrogen-bond acceptors (Lipinski definition) is 4. The third-order valence-corrected chi connectivity index (χ3v) is 2.89. The maximum absolute atomic E-state index is 5.03. The Bertz CT molecular complexity index is 305. The van der Waals surface area contributed by atoms with Crippen LogP contribution in [-0.4, -0.2) is 31.2 Å². The van der Waals surface area contributed by atoms with E-state index in [1.807, 2.05) is 18.3 Å². The summed E-state index contributed by atoms with van der Waals surface area (Å²) in [4.78, 5) is 4.19. The molecule has 1 aromatic rings. The highest BCUT2D eigenvalue weighted by atomic mass is 16.5. The first-order valence-corrected chi connectivity index (χ1v) is 5.86. The van der Waals surface area contributed by atoms with Gasteiger partial charge in [0.2, 0.25) is 5.88 Å². The SMILES string of the molecule is COc1ccc(NC2CCCNCC2)cn1. The minimum Gasteiger partial charge on any atom is -0.481 e. The van der Waals surface area contributed by atoms with Gasteiger partial charge in [0.25, 0.3) is 0 Å². The number of nitrogens with one attached hydrogen (secondary N) is 2. The monoisotopic (exact) mass is 221 g/mol. The zero-order chi connectivity index (χ0) is 11.2. The third-order valence-electron chi connectivity index (χ3n) is 2.89. The molecule has 0 amide bonds. The lowest BCUT2D eigenvalue weighted by atomic mass is 10.1. The molecule has 0 radical (unpaired) electrons. The van der Waals surface area contributed by atoms with E-state index in [1.165, 1.54) is 19.3 Å². The topological polar surface area (TPSA) is 46.2 Å². The van der Waals surface area contributed by atoms with E-state index in [0.29, 0.717) is 11.9 Å². The number of rotatable bonds is 3. The van der Waals surface area contributed by atoms with Crippen LogP contribution in [0.25, 0.3) is 0 Å². The minimum absolute atomic E-state index is 0.560. The number of aromatic nitrogens is 1. The van der Waals surface area contributed by atoms with Crippen LogP contribution in [0.5, 0.6) is 5.88 Å². The van der Waals surface area contributed by atoms with Crippen molar-refractivity contribution in [2.45, 2.75) is 25.3 Å². The molecule has 1 unspecified atom stereocenters. The number of pyridine rings is 1. The van der Waals surface area contributed by atoms with E-state index in [-0.39, 0.29) is 0 Å². The van der Waals surface area contributed by atoms with E-state index in [1.54, 1.807) is 7.11 Å². The lowest BCUT2D eigenvalue weighted by molar-refractivity contribution is 0.398. The molecule has 0 spiro atoms. The second kappa shape index (κ2) is 5.70. The molecule has 0 saturated carbocycles. The first-order valence-electron chi connectivity index (χ1n) is 5.86. The van der Waals surface area contributed by atoms with Crippen molar-refractivity contribution < 1.29 is 4.74 Å². The van der Waals surface area contributed by atoms with Gasteiger partial charge in [-0.25, -0.2) is 4.98 Å². The van der Waals surface area contributed by atoms with Crippen LogP contribution in [0.1, 0.15) is 19.3 Å². The van der Waals surface area contributed by atoms with Gasteiger partial charge in [-0.2, -0.15) is 0 Å². The number of nitrogens with zero attached hydrogens (tertiary/aromatic N) is 1. The lowest BCUT2D eigenvalue weighted by Crippen LogP contribution is -2.21. The molecule has 1 aliphatic rings. The number of hydrogen-bond donors (Lipinski definition) is 2. The largest absolute Gasteiger partial charge is 0.481 e. The molecule has 4 heteroatoms. The van der Waals surface area contributed by atoms with Crippen LogP contribution in [0.15, 0.2) is 18.3 Å². The molecular weight excluding hydrogens is 202 g/mol. The molecule has 1 fully saturated rings. The average molecular weight is 221 g/mol. The Morgan fingerprint density at radius 3 is 3.06 bits per heavy atom. The second-order valence-corrected chi connectivity index (χ2v) is 4.11. The van der Waals surface area contributed by atoms with Gasteiger partial charge in [-0.3, -0.25) is 0 Å². The fourth-order valence-electron chi connectivity index (χ4n) is 1.99. The Hall–Kier alpha value is -1.29. The molecule has 2 heterocycles. The first-order chi connectivity index (χ1) is 7.88. The van der Waals surface area contributed by atoms with Crippen LogP contribution < -0.4 is 15.4 Å². The normalized spacial score (nSPS) is 21.2. The summed E-state index contributed by atoms with van der Waals surface area (Å²) in [6.45, 7) is 2.24. The van der Waals surface area contributed by atoms with Crippen LogP contribution in [0, 0.1) is 0 Å². The van der Waals surface area contributed by atoms with E-state index in [0.717, 1.165) is 18.8 Å². The third kappa shape index (κ3) is 3.10. The van der Waals surface area contributed by atoms with Gasteiger partial charge >= 0.3 is 0 Å². The molecule has 16 heavy (non-hydrogen) atoms. The fraction of sp³-hybridized carbons (Fsp3) is 0.583. The Labute approximate surface area is 96.4 Å². The van der Waals surface area contributed by atoms with Crippen LogP contribution >= 0.6 is 0 Å². The van der Waals surface area contributed by atoms with Crippen molar-refractivity contribution in [3.05, 3.63) is 18.3 Å². The van der Waals surface area contributed by atoms with Gasteiger partial charge in [0.1, 0.15) is 0 Å². The molecule has 2 N–H and O–H groups in total. The van der Waals surface area contributed by atoms with E-state index in [2.05, 4.69) is 15.6 Å². The van der Waals surface area contributed by atoms with Crippen molar-refractivity contribution in [2.75, 3.05) is 25.5 Å². The summed E-state index contributed by atoms with van der Waals surface area (Å²) in [5.41, 5.74) is 1.08. The van der Waals surface area contributed by atoms with E-state index >= 15 is 0 Å². The lowest BCUT2D eigenvalue weighted by Gasteiger charge is -2.17. The van der Waals surface area contributed by atoms with Crippen molar-refractivity contribution in [3.63, 3.8) is 0 Å². The highest BCUT2D eigenvalue weighted by Gasteiger charge is 2.11. The first kappa shape index (κ1) is 11.2. The van der Waals surface area contributed by atoms with Crippen molar-refractivity contribution >= 4 is 5.69 Å². The molecule has 88 valence electrons. The van der Waals surface area contributed by atoms with Gasteiger partial charge < -0.3 is 15.4 Å². The van der Waals surface area contributed by atoms with Crippen molar-refractivity contribution in [2.24, 2.45) is 0 Å². The van der Waals surface area contributed by atoms with Gasteiger partial charge in [-0.1, -0.05) is 0 Å². The van der Waals surface area contributed by atoms with Crippen LogP contribution in [-0.2, 0) is 0 Å². The van der Waals surface area contributed by atoms with Gasteiger partial charge in [-0.05, 0) is 38.4 Å². The van der Waals surface area contributed by atoms with Gasteiger partial charge in [0.15, 0.2) is 0 Å². The number of ether oxygens (including phenoxy) is 1. The molecule has 0 aliphatic carbocycles. The summed E-state index contributed by atoms with van der Waals surface area (Å²) in [5, 5.41) is 6.92. The van der Waals surface area contributed by atoms with E-state index < -0.39 is 0 Å². The molecule has 0 aromatic carbocycles. The summed E-state index contributed by atoms with van der Waals surface area (Å²) in [5.74, 6) is 0.660. The molecule has 2 rings (SSSR count). The average Bonchev–Trinajstić information content (AvgIpc) is 2.59. The van der Waals surface area contributed by atoms with Gasteiger partial charge in [-0.15, -0.1) is 0 Å². The number of methoxy groups -OCH3 is 1. The minimum atomic E-state index is 0.560. The summed E-state index contributed by atoms with van der Waals surface area (Å²) in [6.07, 6.45) is 5.46. The van der Waals surface area contributed by atoms with Crippen molar-refractivity contribution in [1.82, 2.24) is 10.3 Å². The molecular formula is C12H19N3O. The maximum Gasteiger partial charge on any atom is 0.213 e. The number of anilines is 1. The molecule has 4 nitrogen and oxygen atoms in total. The van der Waals surface area contributed by atoms with Gasteiger partial charge in [0.05, 0.1) is 19.0 Å². The molecule has 1 aliphatic heterocycles. The van der Waals surface area contributed by atoms with Gasteiger partial charge in [0, 0.05) is 12.1 Å². The predicted octanol–water partition coefficient (Wildman–Crippen LogP) is 1.64. The molecule has 1 saturated heterocycles. The van der Waals surface area contributed by atoms with E-state index in [9.17, 15) is 0 Å². The molecule has 1 atom stereocenters. The maximum atomic E-state index is 5.03. The molecule has 0 bridgehead atoms. The quantitative estimate of drug-likeness (QED) is 0.814. The summed E-state index contributed by atoms with van der Waals surface area (Å²) in [6, 6.07) is 4.46. The molecule has 1 aromatic heterocycles. The standard InChI is InChI=1S/C12H19N3O/c1-16-12-5-4-11(9-14-12)15-10-3-2-7-13-8-6-10/h4-5,9-10,13,15H,2-3,6-8H2,1H3. The van der Waals surface area contributed by atoms with Crippen LogP contribution in [0.4, 0.5) is 5.69 Å². The Kier molecular flexibility index (Phi) is 3.99. The zero-order valence-electron chi connectivity index (χ0n) is 9.70. The fourth-order valence-corrected chi connectivity index (χ4v) is 1.99. The summed E-state index contributed by atoms with van der Waals surface area (Å²) in [7, 11) is 1.63.